The number of nitrogens with one attached hydrogen (secondary N) is 2. The van der Waals surface area contributed by atoms with Crippen molar-refractivity contribution < 1.29 is 9.53 Å². The molecule has 6 nitrogen and oxygen atoms in total. The Morgan fingerprint density at radius 1 is 1.61 bits per heavy atom. The van der Waals surface area contributed by atoms with Gasteiger partial charge in [-0.15, -0.1) is 0 Å². The SMILES string of the molecule is CNC(=O)C1Cn2ccnc2C2(CCNCC2)O1. The third-order valence-corrected chi connectivity index (χ3v) is 3.80. The Balaban J connectivity index is 1.96. The Morgan fingerprint density at radius 3 is 3.11 bits per heavy atom. The molecule has 1 spiro atoms. The van der Waals surface area contributed by atoms with E-state index in [9.17, 15) is 4.79 Å². The van der Waals surface area contributed by atoms with E-state index in [1.165, 1.54) is 0 Å². The summed E-state index contributed by atoms with van der Waals surface area (Å²) >= 11 is 0. The fourth-order valence-electron chi connectivity index (χ4n) is 2.87. The number of carbonyl (C=O) groups excluding carboxylic acids is 1. The number of nitrogens with zero attached hydrogens (tertiary/aromatic N) is 2. The predicted octanol–water partition coefficient (Wildman–Crippen LogP) is -0.393. The zero-order valence-electron chi connectivity index (χ0n) is 10.5. The molecule has 1 aromatic heterocycles. The number of imidazole rings is 1. The van der Waals surface area contributed by atoms with Gasteiger partial charge in [0.05, 0.1) is 6.54 Å². The summed E-state index contributed by atoms with van der Waals surface area (Å²) in [6.07, 6.45) is 5.01. The molecular weight excluding hydrogens is 232 g/mol. The number of carbonyl (C=O) groups is 1. The quantitative estimate of drug-likeness (QED) is 0.712. The van der Waals surface area contributed by atoms with Gasteiger partial charge in [0, 0.05) is 19.4 Å². The van der Waals surface area contributed by atoms with Crippen molar-refractivity contribution in [3.05, 3.63) is 18.2 Å². The molecule has 6 heteroatoms. The maximum atomic E-state index is 11.8. The molecule has 1 unspecified atom stereocenters. The molecule has 1 atom stereocenters. The third kappa shape index (κ3) is 1.72. The highest BCUT2D eigenvalue weighted by Crippen LogP contribution is 2.38. The van der Waals surface area contributed by atoms with Gasteiger partial charge in [-0.3, -0.25) is 4.79 Å². The molecule has 18 heavy (non-hydrogen) atoms. The maximum Gasteiger partial charge on any atom is 0.250 e. The van der Waals surface area contributed by atoms with Crippen molar-refractivity contribution in [1.82, 2.24) is 20.2 Å². The zero-order chi connectivity index (χ0) is 12.6. The monoisotopic (exact) mass is 250 g/mol. The number of hydrogen-bond acceptors (Lipinski definition) is 4. The molecule has 0 aromatic carbocycles. The number of rotatable bonds is 1. The number of ether oxygens (including phenoxy) is 1. The van der Waals surface area contributed by atoms with E-state index < -0.39 is 11.7 Å². The van der Waals surface area contributed by atoms with Gasteiger partial charge in [-0.05, 0) is 25.9 Å². The minimum atomic E-state index is -0.421. The van der Waals surface area contributed by atoms with Gasteiger partial charge in [0.1, 0.15) is 11.4 Å². The highest BCUT2D eigenvalue weighted by molar-refractivity contribution is 5.80. The van der Waals surface area contributed by atoms with Crippen molar-refractivity contribution >= 4 is 5.91 Å². The topological polar surface area (TPSA) is 68.2 Å². The van der Waals surface area contributed by atoms with Crippen molar-refractivity contribution in [3.8, 4) is 0 Å². The van der Waals surface area contributed by atoms with E-state index >= 15 is 0 Å². The van der Waals surface area contributed by atoms with Gasteiger partial charge in [-0.25, -0.2) is 4.98 Å². The summed E-state index contributed by atoms with van der Waals surface area (Å²) in [5.74, 6) is 0.899. The van der Waals surface area contributed by atoms with Crippen LogP contribution in [-0.4, -0.2) is 41.7 Å². The second-order valence-electron chi connectivity index (χ2n) is 4.87. The van der Waals surface area contributed by atoms with Crippen LogP contribution in [-0.2, 0) is 21.7 Å². The molecular formula is C12H18N4O2. The van der Waals surface area contributed by atoms with Crippen LogP contribution in [0.3, 0.4) is 0 Å². The minimum absolute atomic E-state index is 0.0627. The summed E-state index contributed by atoms with van der Waals surface area (Å²) in [5, 5.41) is 5.99. The van der Waals surface area contributed by atoms with Crippen molar-refractivity contribution in [1.29, 1.82) is 0 Å². The number of piperidine rings is 1. The normalized spacial score (nSPS) is 25.7. The molecule has 2 N–H and O–H groups in total. The first-order chi connectivity index (χ1) is 8.75. The predicted molar refractivity (Wildman–Crippen MR) is 64.9 cm³/mol. The molecule has 0 radical (unpaired) electrons. The van der Waals surface area contributed by atoms with Crippen LogP contribution >= 0.6 is 0 Å². The Bertz CT molecular complexity index is 451. The lowest BCUT2D eigenvalue weighted by atomic mass is 9.89. The van der Waals surface area contributed by atoms with E-state index in [2.05, 4.69) is 20.2 Å². The highest BCUT2D eigenvalue weighted by atomic mass is 16.5. The highest BCUT2D eigenvalue weighted by Gasteiger charge is 2.45. The molecule has 2 aliphatic rings. The maximum absolute atomic E-state index is 11.8. The summed E-state index contributed by atoms with van der Waals surface area (Å²) < 4.78 is 8.17. The second kappa shape index (κ2) is 4.37. The lowest BCUT2D eigenvalue weighted by Gasteiger charge is -2.42. The van der Waals surface area contributed by atoms with Crippen LogP contribution in [0.25, 0.3) is 0 Å². The average Bonchev–Trinajstić information content (AvgIpc) is 2.88. The minimum Gasteiger partial charge on any atom is -0.357 e. The molecule has 1 amide bonds. The molecule has 2 aliphatic heterocycles. The summed E-state index contributed by atoms with van der Waals surface area (Å²) in [7, 11) is 1.64. The van der Waals surface area contributed by atoms with Crippen molar-refractivity contribution in [2.75, 3.05) is 20.1 Å². The Hall–Kier alpha value is -1.40. The molecule has 1 fully saturated rings. The summed E-state index contributed by atoms with van der Waals surface area (Å²) in [6, 6.07) is 0. The summed E-state index contributed by atoms with van der Waals surface area (Å²) in [5.41, 5.74) is -0.399. The molecule has 3 heterocycles. The average molecular weight is 250 g/mol. The molecule has 1 aromatic rings. The molecule has 0 aliphatic carbocycles. The zero-order valence-corrected chi connectivity index (χ0v) is 10.5. The number of likely N-dealkylation sites (N-methyl/N-ethyl adjacent to an activating group) is 1. The largest absolute Gasteiger partial charge is 0.357 e. The van der Waals surface area contributed by atoms with Gasteiger partial charge in [-0.2, -0.15) is 0 Å². The number of amides is 1. The Morgan fingerprint density at radius 2 is 2.39 bits per heavy atom. The summed E-state index contributed by atoms with van der Waals surface area (Å²) in [4.78, 5) is 16.3. The van der Waals surface area contributed by atoms with Crippen LogP contribution in [0, 0.1) is 0 Å². The first-order valence-electron chi connectivity index (χ1n) is 6.37. The fraction of sp³-hybridized carbons (Fsp3) is 0.667. The first kappa shape index (κ1) is 11.7. The van der Waals surface area contributed by atoms with Gasteiger partial charge in [0.25, 0.3) is 5.91 Å². The van der Waals surface area contributed by atoms with Crippen LogP contribution < -0.4 is 10.6 Å². The van der Waals surface area contributed by atoms with Gasteiger partial charge in [0.15, 0.2) is 6.10 Å². The molecule has 0 bridgehead atoms. The van der Waals surface area contributed by atoms with Gasteiger partial charge >= 0.3 is 0 Å². The number of fused-ring (bicyclic) bond motifs is 2. The van der Waals surface area contributed by atoms with Gasteiger partial charge in [0.2, 0.25) is 0 Å². The molecule has 1 saturated heterocycles. The van der Waals surface area contributed by atoms with Crippen LogP contribution in [0.2, 0.25) is 0 Å². The van der Waals surface area contributed by atoms with Crippen LogP contribution in [0.4, 0.5) is 0 Å². The number of aromatic nitrogens is 2. The van der Waals surface area contributed by atoms with E-state index in [-0.39, 0.29) is 5.91 Å². The molecule has 3 rings (SSSR count). The van der Waals surface area contributed by atoms with Gasteiger partial charge < -0.3 is 19.9 Å². The van der Waals surface area contributed by atoms with E-state index in [0.717, 1.165) is 31.8 Å². The summed E-state index contributed by atoms with van der Waals surface area (Å²) in [6.45, 7) is 2.34. The number of hydrogen-bond donors (Lipinski definition) is 2. The van der Waals surface area contributed by atoms with Crippen molar-refractivity contribution in [2.24, 2.45) is 0 Å². The van der Waals surface area contributed by atoms with E-state index in [1.54, 1.807) is 13.2 Å². The Labute approximate surface area is 106 Å². The van der Waals surface area contributed by atoms with E-state index in [0.29, 0.717) is 6.54 Å². The van der Waals surface area contributed by atoms with Crippen molar-refractivity contribution in [3.63, 3.8) is 0 Å². The molecule has 0 saturated carbocycles. The lowest BCUT2D eigenvalue weighted by Crippen LogP contribution is -2.53. The van der Waals surface area contributed by atoms with E-state index in [4.69, 9.17) is 4.74 Å². The smallest absolute Gasteiger partial charge is 0.250 e. The first-order valence-corrected chi connectivity index (χ1v) is 6.37. The van der Waals surface area contributed by atoms with Crippen molar-refractivity contribution in [2.45, 2.75) is 31.1 Å². The van der Waals surface area contributed by atoms with Gasteiger partial charge in [-0.1, -0.05) is 0 Å². The molecule has 98 valence electrons. The lowest BCUT2D eigenvalue weighted by molar-refractivity contribution is -0.167. The van der Waals surface area contributed by atoms with Crippen LogP contribution in [0.5, 0.6) is 0 Å². The Kier molecular flexibility index (Phi) is 2.83. The van der Waals surface area contributed by atoms with Crippen LogP contribution in [0.15, 0.2) is 12.4 Å². The van der Waals surface area contributed by atoms with Crippen LogP contribution in [0.1, 0.15) is 18.7 Å². The third-order valence-electron chi connectivity index (χ3n) is 3.80. The second-order valence-corrected chi connectivity index (χ2v) is 4.87. The fourth-order valence-corrected chi connectivity index (χ4v) is 2.87. The standard InChI is InChI=1S/C12H18N4O2/c1-13-10(17)9-8-16-7-6-15-11(16)12(18-9)2-4-14-5-3-12/h6-7,9,14H,2-5,8H2,1H3,(H,13,17). The van der Waals surface area contributed by atoms with E-state index in [1.807, 2.05) is 6.20 Å².